The van der Waals surface area contributed by atoms with Crippen LogP contribution in [0.15, 0.2) is 58.2 Å². The fourth-order valence-electron chi connectivity index (χ4n) is 4.39. The molecule has 2 aliphatic rings. The molecular weight excluding hydrogens is 366 g/mol. The summed E-state index contributed by atoms with van der Waals surface area (Å²) in [6, 6.07) is 16.7. The van der Waals surface area contributed by atoms with Crippen molar-refractivity contribution in [2.75, 3.05) is 5.73 Å². The fraction of sp³-hybridized carbons (Fsp3) is 0.318. The van der Waals surface area contributed by atoms with Crippen LogP contribution >= 0.6 is 0 Å². The van der Waals surface area contributed by atoms with E-state index in [1.165, 1.54) is 22.3 Å². The lowest BCUT2D eigenvalue weighted by Gasteiger charge is -2.16. The number of aromatic nitrogens is 2. The number of fused-ring (bicyclic) bond motifs is 2. The summed E-state index contributed by atoms with van der Waals surface area (Å²) >= 11 is 0. The van der Waals surface area contributed by atoms with Crippen LogP contribution < -0.4 is 11.2 Å². The normalized spacial score (nSPS) is 23.1. The summed E-state index contributed by atoms with van der Waals surface area (Å²) in [6.07, 6.45) is 2.78. The molecule has 0 bridgehead atoms. The van der Waals surface area contributed by atoms with E-state index in [1.54, 1.807) is 0 Å². The van der Waals surface area contributed by atoms with Gasteiger partial charge in [-0.1, -0.05) is 55.5 Å². The zero-order valence-corrected chi connectivity index (χ0v) is 16.2. The van der Waals surface area contributed by atoms with E-state index < -0.39 is 0 Å². The van der Waals surface area contributed by atoms with Crippen molar-refractivity contribution in [1.82, 2.24) is 15.8 Å². The zero-order valence-electron chi connectivity index (χ0n) is 16.2. The first-order chi connectivity index (χ1) is 14.2. The summed E-state index contributed by atoms with van der Waals surface area (Å²) in [4.78, 5) is 11.0. The second-order valence-electron chi connectivity index (χ2n) is 7.70. The summed E-state index contributed by atoms with van der Waals surface area (Å²) in [5.74, 6) is 1.07. The molecule has 0 radical (unpaired) electrons. The standard InChI is InChI=1S/C22H23N5O2/c1-13-12-18(17-9-5-4-7-15(13)17)24-22(20-21(23)26-29-25-20)27-28-19-11-10-14-6-2-3-8-16(14)19/h2-9,13,18-19H,10-12H2,1H3,(H2,23,26)(H,24,27)/t13-,18+,19-/m0/s1. The summed E-state index contributed by atoms with van der Waals surface area (Å²) in [5.41, 5.74) is 14.4. The Kier molecular flexibility index (Phi) is 4.52. The van der Waals surface area contributed by atoms with Gasteiger partial charge in [-0.25, -0.2) is 10.1 Å². The lowest BCUT2D eigenvalue weighted by Crippen LogP contribution is -2.28. The quantitative estimate of drug-likeness (QED) is 0.399. The van der Waals surface area contributed by atoms with Gasteiger partial charge in [-0.05, 0) is 57.7 Å². The maximum Gasteiger partial charge on any atom is 0.199 e. The summed E-state index contributed by atoms with van der Waals surface area (Å²) in [7, 11) is 0. The Hall–Kier alpha value is -3.19. The summed E-state index contributed by atoms with van der Waals surface area (Å²) in [5, 5.41) is 7.64. The number of nitrogens with two attached hydrogens (primary N) is 1. The summed E-state index contributed by atoms with van der Waals surface area (Å²) < 4.78 is 4.81. The molecule has 0 aliphatic heterocycles. The maximum absolute atomic E-state index is 6.05. The number of aryl methyl sites for hydroxylation is 1. The number of hydroxylamine groups is 1. The molecule has 0 amide bonds. The van der Waals surface area contributed by atoms with Crippen LogP contribution in [0.5, 0.6) is 0 Å². The van der Waals surface area contributed by atoms with Crippen LogP contribution in [-0.4, -0.2) is 16.1 Å². The Balaban J connectivity index is 1.43. The number of nitrogens with one attached hydrogen (secondary N) is 1. The van der Waals surface area contributed by atoms with Crippen molar-refractivity contribution in [1.29, 1.82) is 0 Å². The van der Waals surface area contributed by atoms with Gasteiger partial charge < -0.3 is 5.73 Å². The average Bonchev–Trinajstić information content (AvgIpc) is 3.44. The molecule has 2 aromatic carbocycles. The van der Waals surface area contributed by atoms with Gasteiger partial charge in [-0.3, -0.25) is 9.83 Å². The van der Waals surface area contributed by atoms with Gasteiger partial charge in [-0.15, -0.1) is 0 Å². The number of nitrogen functional groups attached to an aromatic ring is 1. The number of anilines is 1. The van der Waals surface area contributed by atoms with Crippen molar-refractivity contribution in [3.63, 3.8) is 0 Å². The van der Waals surface area contributed by atoms with Gasteiger partial charge >= 0.3 is 0 Å². The first kappa shape index (κ1) is 17.9. The highest BCUT2D eigenvalue weighted by Crippen LogP contribution is 2.42. The number of amidine groups is 1. The van der Waals surface area contributed by atoms with Crippen LogP contribution in [0.3, 0.4) is 0 Å². The molecule has 2 aliphatic carbocycles. The fourth-order valence-corrected chi connectivity index (χ4v) is 4.39. The highest BCUT2D eigenvalue weighted by Gasteiger charge is 2.30. The van der Waals surface area contributed by atoms with Crippen LogP contribution in [0.1, 0.15) is 65.8 Å². The molecule has 0 saturated carbocycles. The monoisotopic (exact) mass is 389 g/mol. The van der Waals surface area contributed by atoms with Crippen molar-refractivity contribution < 1.29 is 9.47 Å². The Bertz CT molecular complexity index is 1060. The largest absolute Gasteiger partial charge is 0.379 e. The van der Waals surface area contributed by atoms with Crippen LogP contribution in [0.25, 0.3) is 0 Å². The zero-order chi connectivity index (χ0) is 19.8. The van der Waals surface area contributed by atoms with Gasteiger partial charge in [-0.2, -0.15) is 0 Å². The van der Waals surface area contributed by atoms with Gasteiger partial charge in [0.1, 0.15) is 6.10 Å². The molecule has 3 atom stereocenters. The second kappa shape index (κ2) is 7.33. The van der Waals surface area contributed by atoms with E-state index in [-0.39, 0.29) is 18.0 Å². The second-order valence-corrected chi connectivity index (χ2v) is 7.70. The van der Waals surface area contributed by atoms with E-state index in [4.69, 9.17) is 20.2 Å². The number of aliphatic imine (C=N–C) groups is 1. The summed E-state index contributed by atoms with van der Waals surface area (Å²) in [6.45, 7) is 2.22. The van der Waals surface area contributed by atoms with E-state index in [2.05, 4.69) is 59.1 Å². The topological polar surface area (TPSA) is 98.6 Å². The minimum Gasteiger partial charge on any atom is -0.379 e. The van der Waals surface area contributed by atoms with Crippen molar-refractivity contribution in [3.05, 3.63) is 76.5 Å². The first-order valence-corrected chi connectivity index (χ1v) is 9.95. The average molecular weight is 389 g/mol. The van der Waals surface area contributed by atoms with Crippen LogP contribution in [0, 0.1) is 0 Å². The Morgan fingerprint density at radius 2 is 1.86 bits per heavy atom. The van der Waals surface area contributed by atoms with Gasteiger partial charge in [0.2, 0.25) is 0 Å². The molecular formula is C22H23N5O2. The van der Waals surface area contributed by atoms with Crippen LogP contribution in [-0.2, 0) is 11.3 Å². The predicted molar refractivity (Wildman–Crippen MR) is 109 cm³/mol. The molecule has 3 aromatic rings. The number of nitrogens with zero attached hydrogens (tertiary/aromatic N) is 3. The van der Waals surface area contributed by atoms with E-state index in [1.807, 2.05) is 12.1 Å². The Morgan fingerprint density at radius 3 is 2.66 bits per heavy atom. The van der Waals surface area contributed by atoms with E-state index >= 15 is 0 Å². The van der Waals surface area contributed by atoms with Gasteiger partial charge in [0.05, 0.1) is 6.04 Å². The van der Waals surface area contributed by atoms with Crippen LogP contribution in [0.4, 0.5) is 5.82 Å². The van der Waals surface area contributed by atoms with Gasteiger partial charge in [0, 0.05) is 0 Å². The first-order valence-electron chi connectivity index (χ1n) is 9.95. The van der Waals surface area contributed by atoms with E-state index in [0.29, 0.717) is 17.4 Å². The molecule has 7 heteroatoms. The number of hydrogen-bond acceptors (Lipinski definition) is 6. The molecule has 0 fully saturated rings. The molecule has 7 nitrogen and oxygen atoms in total. The van der Waals surface area contributed by atoms with E-state index in [0.717, 1.165) is 19.3 Å². The maximum atomic E-state index is 6.05. The molecule has 3 N–H and O–H groups in total. The molecule has 0 spiro atoms. The Morgan fingerprint density at radius 1 is 1.10 bits per heavy atom. The van der Waals surface area contributed by atoms with Crippen molar-refractivity contribution in [3.8, 4) is 0 Å². The molecule has 148 valence electrons. The highest BCUT2D eigenvalue weighted by atomic mass is 16.7. The third-order valence-electron chi connectivity index (χ3n) is 5.86. The number of rotatable bonds is 4. The molecule has 29 heavy (non-hydrogen) atoms. The van der Waals surface area contributed by atoms with Crippen molar-refractivity contribution >= 4 is 11.7 Å². The lowest BCUT2D eigenvalue weighted by atomic mass is 10.0. The van der Waals surface area contributed by atoms with E-state index in [9.17, 15) is 0 Å². The highest BCUT2D eigenvalue weighted by molar-refractivity contribution is 5.99. The predicted octanol–water partition coefficient (Wildman–Crippen LogP) is 3.86. The minimum absolute atomic E-state index is 0.000681. The molecule has 0 saturated heterocycles. The Labute approximate surface area is 168 Å². The van der Waals surface area contributed by atoms with Crippen molar-refractivity contribution in [2.45, 2.75) is 44.2 Å². The minimum atomic E-state index is -0.0488. The molecule has 1 aromatic heterocycles. The lowest BCUT2D eigenvalue weighted by molar-refractivity contribution is 0.0100. The smallest absolute Gasteiger partial charge is 0.199 e. The SMILES string of the molecule is C[C@H]1C[C@@H](N=C(NO[C@H]2CCc3ccccc32)c2nonc2N)c2ccccc21. The third-order valence-corrected chi connectivity index (χ3v) is 5.86. The van der Waals surface area contributed by atoms with Gasteiger partial charge in [0.15, 0.2) is 17.3 Å². The number of hydrogen-bond donors (Lipinski definition) is 2. The molecule has 5 rings (SSSR count). The van der Waals surface area contributed by atoms with Crippen molar-refractivity contribution in [2.24, 2.45) is 4.99 Å². The van der Waals surface area contributed by atoms with Gasteiger partial charge in [0.25, 0.3) is 0 Å². The molecule has 0 unspecified atom stereocenters. The number of benzene rings is 2. The van der Waals surface area contributed by atoms with Crippen LogP contribution in [0.2, 0.25) is 0 Å². The molecule has 1 heterocycles. The third kappa shape index (κ3) is 3.27.